The molecule has 0 N–H and O–H groups in total. The van der Waals surface area contributed by atoms with Crippen LogP contribution >= 0.6 is 0 Å². The molecule has 1 aromatic carbocycles. The molecule has 0 atom stereocenters. The number of benzene rings is 1. The first-order chi connectivity index (χ1) is 6.09. The first-order valence-corrected chi connectivity index (χ1v) is 3.88. The number of allylic oxidation sites excluding steroid dienone is 2. The van der Waals surface area contributed by atoms with E-state index in [0.29, 0.717) is 0 Å². The third-order valence-electron chi connectivity index (χ3n) is 1.51. The lowest BCUT2D eigenvalue weighted by Crippen LogP contribution is -1.83. The van der Waals surface area contributed by atoms with Gasteiger partial charge < -0.3 is 0 Å². The monoisotopic (exact) mass is 180 g/mol. The molecule has 0 aliphatic carbocycles. The van der Waals surface area contributed by atoms with E-state index in [2.05, 4.69) is 6.58 Å². The van der Waals surface area contributed by atoms with Crippen molar-refractivity contribution in [1.29, 1.82) is 0 Å². The van der Waals surface area contributed by atoms with Gasteiger partial charge in [-0.2, -0.15) is 0 Å². The van der Waals surface area contributed by atoms with Crippen LogP contribution in [0.15, 0.2) is 36.4 Å². The van der Waals surface area contributed by atoms with Crippen LogP contribution in [0, 0.1) is 11.6 Å². The van der Waals surface area contributed by atoms with Gasteiger partial charge in [-0.05, 0) is 25.1 Å². The lowest BCUT2D eigenvalue weighted by atomic mass is 10.1. The third-order valence-corrected chi connectivity index (χ3v) is 1.51. The smallest absolute Gasteiger partial charge is 0.130 e. The molecule has 0 amide bonds. The van der Waals surface area contributed by atoms with Gasteiger partial charge in [0, 0.05) is 5.56 Å². The number of rotatable bonds is 2. The molecule has 0 bridgehead atoms. The molecular weight excluding hydrogens is 170 g/mol. The summed E-state index contributed by atoms with van der Waals surface area (Å²) in [5.74, 6) is -0.873. The molecule has 0 aromatic heterocycles. The fourth-order valence-corrected chi connectivity index (χ4v) is 0.874. The van der Waals surface area contributed by atoms with Crippen LogP contribution in [-0.4, -0.2) is 0 Å². The normalized spacial score (nSPS) is 10.7. The summed E-state index contributed by atoms with van der Waals surface area (Å²) < 4.78 is 25.6. The molecule has 0 heterocycles. The van der Waals surface area contributed by atoms with Crippen LogP contribution in [0.4, 0.5) is 8.78 Å². The van der Waals surface area contributed by atoms with Crippen LogP contribution in [0.3, 0.4) is 0 Å². The highest BCUT2D eigenvalue weighted by Crippen LogP contribution is 2.11. The second kappa shape index (κ2) is 3.99. The molecule has 0 saturated heterocycles. The Hall–Kier alpha value is -1.44. The van der Waals surface area contributed by atoms with Crippen molar-refractivity contribution in [2.24, 2.45) is 0 Å². The van der Waals surface area contributed by atoms with Gasteiger partial charge in [0.1, 0.15) is 11.6 Å². The molecular formula is C11H10F2. The van der Waals surface area contributed by atoms with Crippen molar-refractivity contribution >= 4 is 6.08 Å². The zero-order valence-electron chi connectivity index (χ0n) is 7.35. The topological polar surface area (TPSA) is 0 Å². The van der Waals surface area contributed by atoms with Gasteiger partial charge in [0.2, 0.25) is 0 Å². The van der Waals surface area contributed by atoms with Gasteiger partial charge in [-0.1, -0.05) is 24.3 Å². The second-order valence-electron chi connectivity index (χ2n) is 2.85. The zero-order chi connectivity index (χ0) is 9.84. The summed E-state index contributed by atoms with van der Waals surface area (Å²) in [4.78, 5) is 0. The fourth-order valence-electron chi connectivity index (χ4n) is 0.874. The average Bonchev–Trinajstić information content (AvgIpc) is 2.06. The van der Waals surface area contributed by atoms with Gasteiger partial charge >= 0.3 is 0 Å². The average molecular weight is 180 g/mol. The van der Waals surface area contributed by atoms with Crippen LogP contribution in [0.1, 0.15) is 12.5 Å². The molecule has 0 saturated carbocycles. The first kappa shape index (κ1) is 9.65. The van der Waals surface area contributed by atoms with Crippen molar-refractivity contribution in [3.8, 4) is 0 Å². The predicted octanol–water partition coefficient (Wildman–Crippen LogP) is 3.55. The maximum Gasteiger partial charge on any atom is 0.130 e. The van der Waals surface area contributed by atoms with E-state index in [9.17, 15) is 8.78 Å². The highest BCUT2D eigenvalue weighted by atomic mass is 19.1. The zero-order valence-corrected chi connectivity index (χ0v) is 7.35. The maximum atomic E-state index is 13.0. The van der Waals surface area contributed by atoms with Gasteiger partial charge in [-0.25, -0.2) is 8.78 Å². The Kier molecular flexibility index (Phi) is 2.96. The summed E-state index contributed by atoms with van der Waals surface area (Å²) in [5.41, 5.74) is 1.03. The van der Waals surface area contributed by atoms with E-state index in [1.54, 1.807) is 13.0 Å². The highest BCUT2D eigenvalue weighted by Gasteiger charge is 1.98. The molecule has 0 unspecified atom stereocenters. The van der Waals surface area contributed by atoms with Gasteiger partial charge in [-0.3, -0.25) is 0 Å². The molecule has 2 heteroatoms. The molecule has 68 valence electrons. The Labute approximate surface area is 76.2 Å². The SMILES string of the molecule is C=C(C)/C=C/c1cc(F)ccc1F. The third kappa shape index (κ3) is 2.82. The van der Waals surface area contributed by atoms with Crippen molar-refractivity contribution in [3.63, 3.8) is 0 Å². The van der Waals surface area contributed by atoms with Crippen LogP contribution in [0.2, 0.25) is 0 Å². The fraction of sp³-hybridized carbons (Fsp3) is 0.0909. The summed E-state index contributed by atoms with van der Waals surface area (Å²) in [6.07, 6.45) is 3.14. The van der Waals surface area contributed by atoms with Gasteiger partial charge in [0.25, 0.3) is 0 Å². The van der Waals surface area contributed by atoms with Crippen LogP contribution in [-0.2, 0) is 0 Å². The summed E-state index contributed by atoms with van der Waals surface area (Å²) in [7, 11) is 0. The quantitative estimate of drug-likeness (QED) is 0.610. The van der Waals surface area contributed by atoms with E-state index >= 15 is 0 Å². The number of hydrogen-bond acceptors (Lipinski definition) is 0. The summed E-state index contributed by atoms with van der Waals surface area (Å²) in [6.45, 7) is 5.40. The van der Waals surface area contributed by atoms with Crippen molar-refractivity contribution in [3.05, 3.63) is 53.6 Å². The molecule has 0 nitrogen and oxygen atoms in total. The Morgan fingerprint density at radius 1 is 1.38 bits per heavy atom. The summed E-state index contributed by atoms with van der Waals surface area (Å²) in [5, 5.41) is 0. The van der Waals surface area contributed by atoms with E-state index in [4.69, 9.17) is 0 Å². The molecule has 1 aromatic rings. The van der Waals surface area contributed by atoms with Crippen molar-refractivity contribution < 1.29 is 8.78 Å². The Bertz CT molecular complexity index is 351. The maximum absolute atomic E-state index is 13.0. The first-order valence-electron chi connectivity index (χ1n) is 3.88. The van der Waals surface area contributed by atoms with Crippen molar-refractivity contribution in [2.75, 3.05) is 0 Å². The molecule has 0 fully saturated rings. The van der Waals surface area contributed by atoms with E-state index in [-0.39, 0.29) is 5.56 Å². The van der Waals surface area contributed by atoms with Crippen molar-refractivity contribution in [2.45, 2.75) is 6.92 Å². The molecule has 0 aliphatic heterocycles. The van der Waals surface area contributed by atoms with Gasteiger partial charge in [0.15, 0.2) is 0 Å². The largest absolute Gasteiger partial charge is 0.207 e. The Morgan fingerprint density at radius 2 is 2.08 bits per heavy atom. The molecule has 0 radical (unpaired) electrons. The highest BCUT2D eigenvalue weighted by molar-refractivity contribution is 5.52. The minimum atomic E-state index is -0.442. The van der Waals surface area contributed by atoms with E-state index in [1.165, 1.54) is 6.08 Å². The van der Waals surface area contributed by atoms with Crippen molar-refractivity contribution in [1.82, 2.24) is 0 Å². The van der Waals surface area contributed by atoms with E-state index < -0.39 is 11.6 Å². The van der Waals surface area contributed by atoms with Gasteiger partial charge in [0.05, 0.1) is 0 Å². The molecule has 13 heavy (non-hydrogen) atoms. The second-order valence-corrected chi connectivity index (χ2v) is 2.85. The minimum absolute atomic E-state index is 0.239. The Balaban J connectivity index is 3.00. The predicted molar refractivity (Wildman–Crippen MR) is 50.2 cm³/mol. The summed E-state index contributed by atoms with van der Waals surface area (Å²) >= 11 is 0. The lowest BCUT2D eigenvalue weighted by molar-refractivity contribution is 0.598. The molecule has 0 spiro atoms. The van der Waals surface area contributed by atoms with Crippen LogP contribution in [0.25, 0.3) is 6.08 Å². The lowest BCUT2D eigenvalue weighted by Gasteiger charge is -1.96. The molecule has 1 rings (SSSR count). The summed E-state index contributed by atoms with van der Waals surface area (Å²) in [6, 6.07) is 3.34. The molecule has 0 aliphatic rings. The standard InChI is InChI=1S/C11H10F2/c1-8(2)3-4-9-7-10(12)5-6-11(9)13/h3-7H,1H2,2H3/b4-3+. The van der Waals surface area contributed by atoms with E-state index in [0.717, 1.165) is 23.8 Å². The van der Waals surface area contributed by atoms with E-state index in [1.807, 2.05) is 0 Å². The number of hydrogen-bond donors (Lipinski definition) is 0. The Morgan fingerprint density at radius 3 is 2.69 bits per heavy atom. The minimum Gasteiger partial charge on any atom is -0.207 e. The number of halogens is 2. The van der Waals surface area contributed by atoms with Crippen LogP contribution in [0.5, 0.6) is 0 Å². The van der Waals surface area contributed by atoms with Gasteiger partial charge in [-0.15, -0.1) is 0 Å². The van der Waals surface area contributed by atoms with Crippen LogP contribution < -0.4 is 0 Å².